The van der Waals surface area contributed by atoms with Crippen LogP contribution in [0.15, 0.2) is 58.5 Å². The number of benzene rings is 1. The normalized spacial score (nSPS) is 11.3. The van der Waals surface area contributed by atoms with Crippen LogP contribution in [-0.2, 0) is 6.42 Å². The standard InChI is InChI=1S/C19H17FN4OS/c1-13-7-8-14(11-16(13)20)18-22-17(25-23-18)6-4-10-26-19-21-12-15-5-2-3-9-24(15)19/h2-3,5,7-9,11-12H,4,6,10H2,1H3. The maximum absolute atomic E-state index is 13.7. The van der Waals surface area contributed by atoms with Gasteiger partial charge in [0, 0.05) is 23.9 Å². The Labute approximate surface area is 154 Å². The largest absolute Gasteiger partial charge is 0.339 e. The molecule has 3 heterocycles. The Morgan fingerprint density at radius 3 is 3.04 bits per heavy atom. The minimum atomic E-state index is -0.267. The molecule has 0 N–H and O–H groups in total. The first-order valence-electron chi connectivity index (χ1n) is 8.35. The Kier molecular flexibility index (Phi) is 4.71. The molecule has 3 aromatic heterocycles. The maximum atomic E-state index is 13.7. The zero-order chi connectivity index (χ0) is 17.9. The molecule has 0 bridgehead atoms. The number of pyridine rings is 1. The molecule has 0 unspecified atom stereocenters. The van der Waals surface area contributed by atoms with Crippen molar-refractivity contribution in [3.63, 3.8) is 0 Å². The van der Waals surface area contributed by atoms with Crippen LogP contribution >= 0.6 is 11.8 Å². The first kappa shape index (κ1) is 16.8. The van der Waals surface area contributed by atoms with Gasteiger partial charge >= 0.3 is 0 Å². The van der Waals surface area contributed by atoms with Crippen LogP contribution < -0.4 is 0 Å². The van der Waals surface area contributed by atoms with Gasteiger partial charge in [0.25, 0.3) is 0 Å². The highest BCUT2D eigenvalue weighted by molar-refractivity contribution is 7.99. The zero-order valence-electron chi connectivity index (χ0n) is 14.2. The summed E-state index contributed by atoms with van der Waals surface area (Å²) in [7, 11) is 0. The van der Waals surface area contributed by atoms with Crippen molar-refractivity contribution in [2.24, 2.45) is 0 Å². The van der Waals surface area contributed by atoms with Crippen molar-refractivity contribution >= 4 is 17.3 Å². The van der Waals surface area contributed by atoms with Crippen molar-refractivity contribution in [3.8, 4) is 11.4 Å². The minimum absolute atomic E-state index is 0.267. The van der Waals surface area contributed by atoms with Gasteiger partial charge in [-0.25, -0.2) is 9.37 Å². The third kappa shape index (κ3) is 3.48. The summed E-state index contributed by atoms with van der Waals surface area (Å²) in [5.74, 6) is 1.61. The highest BCUT2D eigenvalue weighted by Gasteiger charge is 2.10. The third-order valence-electron chi connectivity index (χ3n) is 4.07. The topological polar surface area (TPSA) is 56.2 Å². The molecule has 4 rings (SSSR count). The number of nitrogens with zero attached hydrogens (tertiary/aromatic N) is 4. The monoisotopic (exact) mass is 368 g/mol. The van der Waals surface area contributed by atoms with E-state index in [4.69, 9.17) is 4.52 Å². The predicted octanol–water partition coefficient (Wildman–Crippen LogP) is 4.56. The predicted molar refractivity (Wildman–Crippen MR) is 98.7 cm³/mol. The van der Waals surface area contributed by atoms with Crippen LogP contribution in [0.25, 0.3) is 16.9 Å². The maximum Gasteiger partial charge on any atom is 0.226 e. The summed E-state index contributed by atoms with van der Waals surface area (Å²) in [6, 6.07) is 11.0. The van der Waals surface area contributed by atoms with Crippen molar-refractivity contribution in [3.05, 3.63) is 66.1 Å². The van der Waals surface area contributed by atoms with E-state index in [0.717, 1.165) is 22.8 Å². The quantitative estimate of drug-likeness (QED) is 0.369. The molecule has 0 aliphatic rings. The summed E-state index contributed by atoms with van der Waals surface area (Å²) in [4.78, 5) is 8.80. The second kappa shape index (κ2) is 7.29. The molecule has 1 aromatic carbocycles. The van der Waals surface area contributed by atoms with Crippen molar-refractivity contribution in [1.29, 1.82) is 0 Å². The van der Waals surface area contributed by atoms with E-state index in [1.807, 2.05) is 30.6 Å². The molecule has 0 fully saturated rings. The fourth-order valence-electron chi connectivity index (χ4n) is 2.62. The number of aryl methyl sites for hydroxylation is 2. The van der Waals surface area contributed by atoms with Crippen molar-refractivity contribution in [2.45, 2.75) is 24.9 Å². The molecular formula is C19H17FN4OS. The Morgan fingerprint density at radius 2 is 2.15 bits per heavy atom. The number of halogens is 1. The van der Waals surface area contributed by atoms with Crippen LogP contribution in [0, 0.1) is 12.7 Å². The van der Waals surface area contributed by atoms with Crippen molar-refractivity contribution < 1.29 is 8.91 Å². The molecule has 0 aliphatic carbocycles. The molecule has 0 saturated carbocycles. The summed E-state index contributed by atoms with van der Waals surface area (Å²) in [6.45, 7) is 1.72. The van der Waals surface area contributed by atoms with Crippen LogP contribution in [-0.4, -0.2) is 25.3 Å². The summed E-state index contributed by atoms with van der Waals surface area (Å²) < 4.78 is 21.0. The van der Waals surface area contributed by atoms with Gasteiger partial charge in [-0.3, -0.25) is 4.40 Å². The molecule has 0 saturated heterocycles. The summed E-state index contributed by atoms with van der Waals surface area (Å²) in [5.41, 5.74) is 2.31. The van der Waals surface area contributed by atoms with Crippen molar-refractivity contribution in [1.82, 2.24) is 19.5 Å². The van der Waals surface area contributed by atoms with Gasteiger partial charge in [-0.05, 0) is 37.1 Å². The number of aromatic nitrogens is 4. The number of thioether (sulfide) groups is 1. The van der Waals surface area contributed by atoms with E-state index in [-0.39, 0.29) is 5.82 Å². The molecule has 0 radical (unpaired) electrons. The lowest BCUT2D eigenvalue weighted by Gasteiger charge is -2.00. The molecule has 0 atom stereocenters. The van der Waals surface area contributed by atoms with Crippen LogP contribution in [0.4, 0.5) is 4.39 Å². The molecule has 5 nitrogen and oxygen atoms in total. The highest BCUT2D eigenvalue weighted by atomic mass is 32.2. The Balaban J connectivity index is 1.34. The van der Waals surface area contributed by atoms with Gasteiger partial charge in [0.15, 0.2) is 5.16 Å². The first-order chi connectivity index (χ1) is 12.7. The van der Waals surface area contributed by atoms with Gasteiger partial charge in [0.2, 0.25) is 11.7 Å². The van der Waals surface area contributed by atoms with E-state index in [1.54, 1.807) is 30.8 Å². The van der Waals surface area contributed by atoms with E-state index < -0.39 is 0 Å². The number of hydrogen-bond acceptors (Lipinski definition) is 5. The van der Waals surface area contributed by atoms with Crippen LogP contribution in [0.5, 0.6) is 0 Å². The average Bonchev–Trinajstić information content (AvgIpc) is 3.28. The lowest BCUT2D eigenvalue weighted by molar-refractivity contribution is 0.378. The summed E-state index contributed by atoms with van der Waals surface area (Å²) in [6.07, 6.45) is 5.44. The fraction of sp³-hybridized carbons (Fsp3) is 0.211. The Bertz CT molecular complexity index is 1040. The smallest absolute Gasteiger partial charge is 0.226 e. The van der Waals surface area contributed by atoms with E-state index in [2.05, 4.69) is 19.5 Å². The number of fused-ring (bicyclic) bond motifs is 1. The first-order valence-corrected chi connectivity index (χ1v) is 9.33. The van der Waals surface area contributed by atoms with Gasteiger partial charge < -0.3 is 4.52 Å². The van der Waals surface area contributed by atoms with Gasteiger partial charge in [-0.1, -0.05) is 35.1 Å². The number of rotatable bonds is 6. The summed E-state index contributed by atoms with van der Waals surface area (Å²) >= 11 is 1.69. The van der Waals surface area contributed by atoms with E-state index in [9.17, 15) is 4.39 Å². The molecule has 0 aliphatic heterocycles. The lowest BCUT2D eigenvalue weighted by atomic mass is 10.1. The van der Waals surface area contributed by atoms with E-state index in [0.29, 0.717) is 29.3 Å². The molecular weight excluding hydrogens is 351 g/mol. The number of imidazole rings is 1. The van der Waals surface area contributed by atoms with Crippen LogP contribution in [0.1, 0.15) is 17.9 Å². The SMILES string of the molecule is Cc1ccc(-c2noc(CCCSc3ncc4ccccn34)n2)cc1F. The van der Waals surface area contributed by atoms with Crippen LogP contribution in [0.2, 0.25) is 0 Å². The number of hydrogen-bond donors (Lipinski definition) is 0. The highest BCUT2D eigenvalue weighted by Crippen LogP contribution is 2.21. The Morgan fingerprint density at radius 1 is 1.23 bits per heavy atom. The van der Waals surface area contributed by atoms with Gasteiger partial charge in [-0.15, -0.1) is 0 Å². The molecule has 4 aromatic rings. The van der Waals surface area contributed by atoms with Gasteiger partial charge in [0.05, 0.1) is 11.7 Å². The van der Waals surface area contributed by atoms with Crippen LogP contribution in [0.3, 0.4) is 0 Å². The Hall–Kier alpha value is -2.67. The lowest BCUT2D eigenvalue weighted by Crippen LogP contribution is -1.91. The molecule has 26 heavy (non-hydrogen) atoms. The second-order valence-electron chi connectivity index (χ2n) is 5.96. The van der Waals surface area contributed by atoms with Crippen molar-refractivity contribution in [2.75, 3.05) is 5.75 Å². The van der Waals surface area contributed by atoms with Gasteiger partial charge in [-0.2, -0.15) is 4.98 Å². The zero-order valence-corrected chi connectivity index (χ0v) is 15.0. The average molecular weight is 368 g/mol. The second-order valence-corrected chi connectivity index (χ2v) is 7.03. The molecule has 0 spiro atoms. The molecule has 7 heteroatoms. The molecule has 0 amide bonds. The van der Waals surface area contributed by atoms with Gasteiger partial charge in [0.1, 0.15) is 5.82 Å². The van der Waals surface area contributed by atoms with E-state index in [1.165, 1.54) is 6.07 Å². The minimum Gasteiger partial charge on any atom is -0.339 e. The molecule has 132 valence electrons. The fourth-order valence-corrected chi connectivity index (χ4v) is 3.52. The third-order valence-corrected chi connectivity index (χ3v) is 5.12. The van der Waals surface area contributed by atoms with E-state index >= 15 is 0 Å². The summed E-state index contributed by atoms with van der Waals surface area (Å²) in [5, 5.41) is 4.92.